The van der Waals surface area contributed by atoms with E-state index in [4.69, 9.17) is 16.3 Å². The number of hydrogen-bond acceptors (Lipinski definition) is 4. The maximum Gasteiger partial charge on any atom is 0.307 e. The van der Waals surface area contributed by atoms with Gasteiger partial charge in [-0.25, -0.2) is 4.39 Å². The standard InChI is InChI=1S/C27H25ClFNO5/c28-22-9-2-18(3-10-22)1-8-21(27(33)34)16-26(32)35-17-20-6-13-24(14-7-20)30-25(31)15-19-4-11-23(29)12-5-19/h2-7,9-14,21H,1,8,15-17H2,(H,30,31)(H,33,34)/t21-/m1/s1. The summed E-state index contributed by atoms with van der Waals surface area (Å²) in [5, 5.41) is 12.8. The first-order chi connectivity index (χ1) is 16.8. The number of halogens is 2. The molecule has 0 fully saturated rings. The summed E-state index contributed by atoms with van der Waals surface area (Å²) in [7, 11) is 0. The highest BCUT2D eigenvalue weighted by Gasteiger charge is 2.22. The number of esters is 1. The Morgan fingerprint density at radius 1 is 0.886 bits per heavy atom. The van der Waals surface area contributed by atoms with E-state index >= 15 is 0 Å². The van der Waals surface area contributed by atoms with Gasteiger partial charge in [0.05, 0.1) is 18.8 Å². The summed E-state index contributed by atoms with van der Waals surface area (Å²) in [6, 6.07) is 19.6. The quantitative estimate of drug-likeness (QED) is 0.345. The molecule has 3 aromatic carbocycles. The third-order valence-corrected chi connectivity index (χ3v) is 5.62. The van der Waals surface area contributed by atoms with Crippen molar-refractivity contribution in [3.63, 3.8) is 0 Å². The van der Waals surface area contributed by atoms with E-state index in [1.807, 2.05) is 12.1 Å². The monoisotopic (exact) mass is 497 g/mol. The third-order valence-electron chi connectivity index (χ3n) is 5.37. The van der Waals surface area contributed by atoms with E-state index in [2.05, 4.69) is 5.32 Å². The second-order valence-electron chi connectivity index (χ2n) is 8.11. The number of aryl methyl sites for hydroxylation is 1. The number of carbonyl (C=O) groups is 3. The van der Waals surface area contributed by atoms with Crippen LogP contribution in [0.2, 0.25) is 5.02 Å². The molecule has 0 bridgehead atoms. The van der Waals surface area contributed by atoms with Gasteiger partial charge in [-0.1, -0.05) is 48.0 Å². The number of benzene rings is 3. The molecule has 3 aromatic rings. The van der Waals surface area contributed by atoms with Crippen LogP contribution in [-0.4, -0.2) is 23.0 Å². The maximum absolute atomic E-state index is 13.0. The Balaban J connectivity index is 1.43. The Bertz CT molecular complexity index is 1150. The Labute approximate surface area is 207 Å². The number of rotatable bonds is 11. The van der Waals surface area contributed by atoms with Crippen LogP contribution < -0.4 is 5.32 Å². The van der Waals surface area contributed by atoms with Crippen LogP contribution in [0.4, 0.5) is 10.1 Å². The molecule has 0 aromatic heterocycles. The van der Waals surface area contributed by atoms with Crippen molar-refractivity contribution in [2.24, 2.45) is 5.92 Å². The van der Waals surface area contributed by atoms with Crippen molar-refractivity contribution in [1.29, 1.82) is 0 Å². The van der Waals surface area contributed by atoms with Crippen molar-refractivity contribution in [3.8, 4) is 0 Å². The Kier molecular flexibility index (Phi) is 9.38. The molecule has 1 atom stereocenters. The minimum Gasteiger partial charge on any atom is -0.481 e. The largest absolute Gasteiger partial charge is 0.481 e. The van der Waals surface area contributed by atoms with Crippen molar-refractivity contribution < 1.29 is 28.6 Å². The minimum atomic E-state index is -1.04. The zero-order chi connectivity index (χ0) is 25.2. The van der Waals surface area contributed by atoms with E-state index in [1.54, 1.807) is 48.5 Å². The topological polar surface area (TPSA) is 92.7 Å². The molecule has 8 heteroatoms. The highest BCUT2D eigenvalue weighted by molar-refractivity contribution is 6.30. The van der Waals surface area contributed by atoms with E-state index in [1.165, 1.54) is 12.1 Å². The van der Waals surface area contributed by atoms with Crippen LogP contribution in [0.25, 0.3) is 0 Å². The van der Waals surface area contributed by atoms with Crippen LogP contribution in [-0.2, 0) is 38.6 Å². The average Bonchev–Trinajstić information content (AvgIpc) is 2.83. The van der Waals surface area contributed by atoms with Gasteiger partial charge in [0.25, 0.3) is 0 Å². The number of carboxylic acid groups (broad SMARTS) is 1. The van der Waals surface area contributed by atoms with E-state index in [0.29, 0.717) is 34.7 Å². The lowest BCUT2D eigenvalue weighted by atomic mass is 9.96. The molecule has 1 amide bonds. The number of carbonyl (C=O) groups excluding carboxylic acids is 2. The van der Waals surface area contributed by atoms with Gasteiger partial charge in [0.1, 0.15) is 12.4 Å². The summed E-state index contributed by atoms with van der Waals surface area (Å²) in [6.07, 6.45) is 0.705. The van der Waals surface area contributed by atoms with E-state index in [9.17, 15) is 23.9 Å². The molecule has 0 saturated heterocycles. The minimum absolute atomic E-state index is 0.00778. The van der Waals surface area contributed by atoms with Crippen LogP contribution >= 0.6 is 11.6 Å². The van der Waals surface area contributed by atoms with Crippen LogP contribution in [0.15, 0.2) is 72.8 Å². The Morgan fingerprint density at radius 2 is 1.49 bits per heavy atom. The van der Waals surface area contributed by atoms with Crippen molar-refractivity contribution in [1.82, 2.24) is 0 Å². The van der Waals surface area contributed by atoms with Gasteiger partial charge in [-0.3, -0.25) is 14.4 Å². The van der Waals surface area contributed by atoms with Gasteiger partial charge in [-0.05, 0) is 65.9 Å². The van der Waals surface area contributed by atoms with E-state index < -0.39 is 17.9 Å². The SMILES string of the molecule is O=C(Cc1ccc(F)cc1)Nc1ccc(COC(=O)C[C@@H](CCc2ccc(Cl)cc2)C(=O)O)cc1. The van der Waals surface area contributed by atoms with Gasteiger partial charge >= 0.3 is 11.9 Å². The molecule has 0 aliphatic heterocycles. The molecule has 0 unspecified atom stereocenters. The smallest absolute Gasteiger partial charge is 0.307 e. The lowest BCUT2D eigenvalue weighted by Gasteiger charge is -2.12. The molecule has 35 heavy (non-hydrogen) atoms. The molecule has 0 aliphatic carbocycles. The first-order valence-corrected chi connectivity index (χ1v) is 11.4. The van der Waals surface area contributed by atoms with E-state index in [0.717, 1.165) is 5.56 Å². The van der Waals surface area contributed by atoms with E-state index in [-0.39, 0.29) is 31.2 Å². The first kappa shape index (κ1) is 25.9. The highest BCUT2D eigenvalue weighted by Crippen LogP contribution is 2.18. The third kappa shape index (κ3) is 8.87. The number of anilines is 1. The number of amides is 1. The predicted molar refractivity (Wildman–Crippen MR) is 130 cm³/mol. The van der Waals surface area contributed by atoms with Crippen molar-refractivity contribution in [2.75, 3.05) is 5.32 Å². The maximum atomic E-state index is 13.0. The molecule has 0 heterocycles. The first-order valence-electron chi connectivity index (χ1n) is 11.0. The predicted octanol–water partition coefficient (Wildman–Crippen LogP) is 5.43. The van der Waals surface area contributed by atoms with Gasteiger partial charge in [-0.15, -0.1) is 0 Å². The number of hydrogen-bond donors (Lipinski definition) is 2. The van der Waals surface area contributed by atoms with Crippen molar-refractivity contribution >= 4 is 35.1 Å². The molecule has 0 saturated carbocycles. The summed E-state index contributed by atoms with van der Waals surface area (Å²) in [5.74, 6) is -3.09. The molecule has 3 rings (SSSR count). The van der Waals surface area contributed by atoms with Crippen LogP contribution in [0, 0.1) is 11.7 Å². The number of ether oxygens (including phenoxy) is 1. The molecular weight excluding hydrogens is 473 g/mol. The molecular formula is C27H25ClFNO5. The van der Waals surface area contributed by atoms with Crippen LogP contribution in [0.5, 0.6) is 0 Å². The Morgan fingerprint density at radius 3 is 2.11 bits per heavy atom. The number of carboxylic acids is 1. The molecule has 2 N–H and O–H groups in total. The van der Waals surface area contributed by atoms with Gasteiger partial charge in [0.2, 0.25) is 5.91 Å². The highest BCUT2D eigenvalue weighted by atomic mass is 35.5. The molecule has 0 radical (unpaired) electrons. The summed E-state index contributed by atoms with van der Waals surface area (Å²) < 4.78 is 18.2. The fourth-order valence-electron chi connectivity index (χ4n) is 3.41. The molecule has 0 aliphatic rings. The van der Waals surface area contributed by atoms with Gasteiger partial charge < -0.3 is 15.2 Å². The average molecular weight is 498 g/mol. The van der Waals surface area contributed by atoms with Gasteiger partial charge in [-0.2, -0.15) is 0 Å². The lowest BCUT2D eigenvalue weighted by Crippen LogP contribution is -2.20. The summed E-state index contributed by atoms with van der Waals surface area (Å²) in [6.45, 7) is -0.00778. The van der Waals surface area contributed by atoms with Crippen LogP contribution in [0.1, 0.15) is 29.5 Å². The normalized spacial score (nSPS) is 11.5. The zero-order valence-electron chi connectivity index (χ0n) is 18.9. The number of nitrogens with one attached hydrogen (secondary N) is 1. The molecule has 6 nitrogen and oxygen atoms in total. The summed E-state index contributed by atoms with van der Waals surface area (Å²) in [4.78, 5) is 35.9. The zero-order valence-corrected chi connectivity index (χ0v) is 19.6. The second-order valence-corrected chi connectivity index (χ2v) is 8.55. The summed E-state index contributed by atoms with van der Waals surface area (Å²) in [5.41, 5.74) is 2.90. The van der Waals surface area contributed by atoms with Crippen LogP contribution in [0.3, 0.4) is 0 Å². The lowest BCUT2D eigenvalue weighted by molar-refractivity contribution is -0.152. The van der Waals surface area contributed by atoms with Crippen molar-refractivity contribution in [2.45, 2.75) is 32.3 Å². The Hall–Kier alpha value is -3.71. The van der Waals surface area contributed by atoms with Crippen molar-refractivity contribution in [3.05, 3.63) is 100 Å². The summed E-state index contributed by atoms with van der Waals surface area (Å²) >= 11 is 5.86. The molecule has 0 spiro atoms. The fraction of sp³-hybridized carbons (Fsp3) is 0.222. The number of aliphatic carboxylic acids is 1. The van der Waals surface area contributed by atoms with Gasteiger partial charge in [0.15, 0.2) is 0 Å². The van der Waals surface area contributed by atoms with Gasteiger partial charge in [0, 0.05) is 10.7 Å². The fourth-order valence-corrected chi connectivity index (χ4v) is 3.53. The molecule has 182 valence electrons. The second kappa shape index (κ2) is 12.7.